The molecule has 0 fully saturated rings. The van der Waals surface area contributed by atoms with Crippen molar-refractivity contribution in [2.24, 2.45) is 0 Å². The second kappa shape index (κ2) is 8.21. The third kappa shape index (κ3) is 3.58. The van der Waals surface area contributed by atoms with Crippen molar-refractivity contribution in [3.8, 4) is 0 Å². The van der Waals surface area contributed by atoms with Gasteiger partial charge < -0.3 is 0 Å². The third-order valence-corrected chi connectivity index (χ3v) is 5.54. The highest BCUT2D eigenvalue weighted by Crippen LogP contribution is 2.26. The molecule has 0 amide bonds. The topological polar surface area (TPSA) is 0 Å². The first-order valence-corrected chi connectivity index (χ1v) is 8.96. The predicted octanol–water partition coefficient (Wildman–Crippen LogP) is 7.20. The molecular weight excluding hydrogens is 336 g/mol. The molecule has 3 aromatic rings. The maximum absolute atomic E-state index is 3.49. The summed E-state index contributed by atoms with van der Waals surface area (Å²) in [5.41, 5.74) is 11.3. The van der Waals surface area contributed by atoms with E-state index < -0.39 is 0 Å². The van der Waals surface area contributed by atoms with Gasteiger partial charge in [-0.2, -0.15) is 0 Å². The Bertz CT molecular complexity index is 1160. The van der Waals surface area contributed by atoms with Gasteiger partial charge in [-0.15, -0.1) is 5.73 Å². The zero-order chi connectivity index (χ0) is 17.9. The van der Waals surface area contributed by atoms with E-state index in [9.17, 15) is 0 Å². The van der Waals surface area contributed by atoms with Gasteiger partial charge in [0.1, 0.15) is 0 Å². The smallest absolute Gasteiger partial charge is 0.00822 e. The minimum absolute atomic E-state index is 0. The Morgan fingerprint density at radius 3 is 1.07 bits per heavy atom. The molecule has 0 N–H and O–H groups in total. The zero-order valence-corrected chi connectivity index (χ0v) is 16.0. The SMILES string of the molecule is C.C.C.CC1=C=C(C)C=c2c(c3cc(C)c(C)cc3c3cc(C)c(C)cc23)=C1. The van der Waals surface area contributed by atoms with Crippen molar-refractivity contribution >= 4 is 33.7 Å². The minimum atomic E-state index is 0. The number of fused-ring (bicyclic) bond motifs is 6. The van der Waals surface area contributed by atoms with Crippen molar-refractivity contribution < 1.29 is 0 Å². The average Bonchev–Trinajstić information content (AvgIpc) is 2.69. The van der Waals surface area contributed by atoms with Crippen molar-refractivity contribution in [3.63, 3.8) is 0 Å². The van der Waals surface area contributed by atoms with Gasteiger partial charge in [0, 0.05) is 0 Å². The van der Waals surface area contributed by atoms with Crippen LogP contribution in [0, 0.1) is 27.7 Å². The van der Waals surface area contributed by atoms with Crippen molar-refractivity contribution in [1.29, 1.82) is 0 Å². The standard InChI is InChI=1S/C25H24.3CH4/c1-14-7-15(2)9-21-20(8-14)22-10-16(3)18(5)12-24(22)25-13-19(6)17(4)11-23(21)25;;;/h8-13H,1-6H3;3*1H4. The quantitative estimate of drug-likeness (QED) is 0.289. The largest absolute Gasteiger partial charge is 0.114 e. The Morgan fingerprint density at radius 2 is 0.750 bits per heavy atom. The average molecular weight is 373 g/mol. The van der Waals surface area contributed by atoms with Gasteiger partial charge in [-0.05, 0) is 119 Å². The Balaban J connectivity index is 0.00000131. The maximum Gasteiger partial charge on any atom is -0.00822 e. The fraction of sp³-hybridized carbons (Fsp3) is 0.321. The summed E-state index contributed by atoms with van der Waals surface area (Å²) >= 11 is 0. The summed E-state index contributed by atoms with van der Waals surface area (Å²) in [6, 6.07) is 9.44. The van der Waals surface area contributed by atoms with Crippen molar-refractivity contribution in [1.82, 2.24) is 0 Å². The molecule has 0 aromatic heterocycles. The lowest BCUT2D eigenvalue weighted by Crippen LogP contribution is -2.27. The number of allylic oxidation sites excluding steroid dienone is 1. The maximum atomic E-state index is 3.49. The van der Waals surface area contributed by atoms with Gasteiger partial charge in [-0.1, -0.05) is 46.5 Å². The van der Waals surface area contributed by atoms with E-state index >= 15 is 0 Å². The number of aryl methyl sites for hydroxylation is 4. The Hall–Kier alpha value is -2.56. The molecule has 0 spiro atoms. The highest BCUT2D eigenvalue weighted by Gasteiger charge is 2.10. The van der Waals surface area contributed by atoms with E-state index in [1.807, 2.05) is 0 Å². The van der Waals surface area contributed by atoms with E-state index in [1.54, 1.807) is 0 Å². The molecule has 0 heteroatoms. The summed E-state index contributed by atoms with van der Waals surface area (Å²) in [6.07, 6.45) is 4.60. The predicted molar refractivity (Wildman–Crippen MR) is 131 cm³/mol. The van der Waals surface area contributed by atoms with Crippen molar-refractivity contribution in [3.05, 3.63) is 73.8 Å². The fourth-order valence-electron chi connectivity index (χ4n) is 3.94. The number of benzene rings is 3. The first-order valence-electron chi connectivity index (χ1n) is 8.96. The highest BCUT2D eigenvalue weighted by atomic mass is 14.1. The van der Waals surface area contributed by atoms with Gasteiger partial charge in [0.2, 0.25) is 0 Å². The van der Waals surface area contributed by atoms with E-state index in [1.165, 1.54) is 65.4 Å². The molecule has 3 aromatic carbocycles. The fourth-order valence-corrected chi connectivity index (χ4v) is 3.94. The Labute approximate surface area is 171 Å². The highest BCUT2D eigenvalue weighted by molar-refractivity contribution is 6.09. The van der Waals surface area contributed by atoms with Crippen LogP contribution in [0.4, 0.5) is 0 Å². The van der Waals surface area contributed by atoms with Gasteiger partial charge in [0.15, 0.2) is 0 Å². The van der Waals surface area contributed by atoms with Gasteiger partial charge in [-0.3, -0.25) is 0 Å². The molecule has 148 valence electrons. The van der Waals surface area contributed by atoms with Crippen LogP contribution in [0.2, 0.25) is 0 Å². The second-order valence-corrected chi connectivity index (χ2v) is 7.57. The van der Waals surface area contributed by atoms with Crippen LogP contribution in [0.25, 0.3) is 33.7 Å². The lowest BCUT2D eigenvalue weighted by Gasteiger charge is -2.13. The molecule has 1 aliphatic rings. The molecule has 0 aliphatic heterocycles. The van der Waals surface area contributed by atoms with Crippen LogP contribution in [-0.2, 0) is 0 Å². The molecule has 0 saturated heterocycles. The lowest BCUT2D eigenvalue weighted by atomic mass is 9.91. The van der Waals surface area contributed by atoms with Crippen LogP contribution in [0.3, 0.4) is 0 Å². The molecule has 0 radical (unpaired) electrons. The number of rotatable bonds is 0. The molecule has 0 atom stereocenters. The lowest BCUT2D eigenvalue weighted by molar-refractivity contribution is 1.35. The molecule has 28 heavy (non-hydrogen) atoms. The second-order valence-electron chi connectivity index (χ2n) is 7.57. The van der Waals surface area contributed by atoms with E-state index in [0.29, 0.717) is 0 Å². The van der Waals surface area contributed by atoms with E-state index in [0.717, 1.165) is 0 Å². The van der Waals surface area contributed by atoms with Crippen LogP contribution in [0.1, 0.15) is 58.4 Å². The molecule has 0 nitrogen and oxygen atoms in total. The van der Waals surface area contributed by atoms with E-state index in [2.05, 4.69) is 83.7 Å². The molecule has 0 saturated carbocycles. The van der Waals surface area contributed by atoms with Gasteiger partial charge in [0.25, 0.3) is 0 Å². The molecule has 0 unspecified atom stereocenters. The van der Waals surface area contributed by atoms with Crippen LogP contribution in [0.15, 0.2) is 41.1 Å². The van der Waals surface area contributed by atoms with Crippen LogP contribution < -0.4 is 10.4 Å². The van der Waals surface area contributed by atoms with Crippen molar-refractivity contribution in [2.45, 2.75) is 63.8 Å². The third-order valence-electron chi connectivity index (χ3n) is 5.54. The summed E-state index contributed by atoms with van der Waals surface area (Å²) < 4.78 is 0. The molecular formula is C28H36. The molecule has 0 heterocycles. The molecule has 1 aliphatic carbocycles. The van der Waals surface area contributed by atoms with Crippen LogP contribution in [0.5, 0.6) is 0 Å². The Kier molecular flexibility index (Phi) is 6.89. The van der Waals surface area contributed by atoms with Gasteiger partial charge in [0.05, 0.1) is 0 Å². The van der Waals surface area contributed by atoms with Crippen LogP contribution in [-0.4, -0.2) is 0 Å². The monoisotopic (exact) mass is 372 g/mol. The van der Waals surface area contributed by atoms with E-state index in [4.69, 9.17) is 0 Å². The molecule has 0 bridgehead atoms. The summed E-state index contributed by atoms with van der Waals surface area (Å²) in [7, 11) is 0. The van der Waals surface area contributed by atoms with Crippen molar-refractivity contribution in [2.75, 3.05) is 0 Å². The van der Waals surface area contributed by atoms with Gasteiger partial charge >= 0.3 is 0 Å². The van der Waals surface area contributed by atoms with Crippen LogP contribution >= 0.6 is 0 Å². The summed E-state index contributed by atoms with van der Waals surface area (Å²) in [5.74, 6) is 0. The summed E-state index contributed by atoms with van der Waals surface area (Å²) in [6.45, 7) is 13.1. The summed E-state index contributed by atoms with van der Waals surface area (Å²) in [4.78, 5) is 0. The number of hydrogen-bond acceptors (Lipinski definition) is 0. The van der Waals surface area contributed by atoms with E-state index in [-0.39, 0.29) is 22.3 Å². The first kappa shape index (κ1) is 23.5. The minimum Gasteiger partial charge on any atom is -0.114 e. The normalized spacial score (nSPS) is 12.2. The van der Waals surface area contributed by atoms with Gasteiger partial charge in [-0.25, -0.2) is 0 Å². The number of hydrogen-bond donors (Lipinski definition) is 0. The zero-order valence-electron chi connectivity index (χ0n) is 16.0. The molecule has 4 rings (SSSR count). The Morgan fingerprint density at radius 1 is 0.464 bits per heavy atom. The summed E-state index contributed by atoms with van der Waals surface area (Å²) in [5, 5.41) is 8.07. The first-order chi connectivity index (χ1) is 11.8.